The molecule has 1 aliphatic carbocycles. The highest BCUT2D eigenvalue weighted by atomic mass is 16.7. The second-order valence-electron chi connectivity index (χ2n) is 7.96. The molecular weight excluding hydrogens is 342 g/mol. The fourth-order valence-electron chi connectivity index (χ4n) is 4.27. The molecule has 1 N–H and O–H groups in total. The lowest BCUT2D eigenvalue weighted by Gasteiger charge is -2.34. The zero-order valence-corrected chi connectivity index (χ0v) is 16.1. The van der Waals surface area contributed by atoms with Crippen LogP contribution in [-0.4, -0.2) is 61.3 Å². The highest BCUT2D eigenvalue weighted by molar-refractivity contribution is 5.76. The predicted octanol–water partition coefficient (Wildman–Crippen LogP) is 2.37. The van der Waals surface area contributed by atoms with E-state index in [0.717, 1.165) is 63.6 Å². The maximum Gasteiger partial charge on any atom is 0.231 e. The maximum absolute atomic E-state index is 12.2. The summed E-state index contributed by atoms with van der Waals surface area (Å²) in [6.07, 6.45) is 6.78. The molecular formula is C21H31N3O3. The van der Waals surface area contributed by atoms with Crippen LogP contribution in [0.2, 0.25) is 0 Å². The van der Waals surface area contributed by atoms with Gasteiger partial charge in [-0.3, -0.25) is 9.69 Å². The molecule has 0 aromatic heterocycles. The van der Waals surface area contributed by atoms with Crippen LogP contribution in [0.3, 0.4) is 0 Å². The molecule has 6 nitrogen and oxygen atoms in total. The summed E-state index contributed by atoms with van der Waals surface area (Å²) in [5, 5.41) is 3.22. The Balaban J connectivity index is 1.15. The molecule has 148 valence electrons. The van der Waals surface area contributed by atoms with Crippen LogP contribution in [-0.2, 0) is 11.3 Å². The van der Waals surface area contributed by atoms with E-state index in [0.29, 0.717) is 19.3 Å². The second-order valence-corrected chi connectivity index (χ2v) is 7.96. The lowest BCUT2D eigenvalue weighted by molar-refractivity contribution is -0.122. The van der Waals surface area contributed by atoms with E-state index >= 15 is 0 Å². The standard InChI is InChI=1S/C21H31N3O3/c25-21(22-18-4-2-1-3-5-18)8-9-23-10-12-24(13-11-23)15-17-6-7-19-20(14-17)27-16-26-19/h6-7,14,18H,1-5,8-13,15-16H2,(H,22,25). The van der Waals surface area contributed by atoms with Crippen molar-refractivity contribution < 1.29 is 14.3 Å². The smallest absolute Gasteiger partial charge is 0.231 e. The van der Waals surface area contributed by atoms with Crippen LogP contribution in [0.1, 0.15) is 44.1 Å². The Morgan fingerprint density at radius 3 is 2.56 bits per heavy atom. The van der Waals surface area contributed by atoms with Crippen LogP contribution in [0.5, 0.6) is 11.5 Å². The number of amides is 1. The Labute approximate surface area is 161 Å². The fourth-order valence-corrected chi connectivity index (χ4v) is 4.27. The van der Waals surface area contributed by atoms with Crippen molar-refractivity contribution >= 4 is 5.91 Å². The molecule has 1 aromatic rings. The van der Waals surface area contributed by atoms with Gasteiger partial charge in [0.05, 0.1) is 0 Å². The minimum Gasteiger partial charge on any atom is -0.454 e. The van der Waals surface area contributed by atoms with Gasteiger partial charge in [0.1, 0.15) is 0 Å². The molecule has 0 radical (unpaired) electrons. The Morgan fingerprint density at radius 1 is 1.00 bits per heavy atom. The van der Waals surface area contributed by atoms with Gasteiger partial charge < -0.3 is 19.7 Å². The van der Waals surface area contributed by atoms with E-state index in [1.165, 1.54) is 24.8 Å². The summed E-state index contributed by atoms with van der Waals surface area (Å²) in [4.78, 5) is 17.1. The fraction of sp³-hybridized carbons (Fsp3) is 0.667. The number of nitrogens with one attached hydrogen (secondary N) is 1. The molecule has 0 spiro atoms. The topological polar surface area (TPSA) is 54.0 Å². The van der Waals surface area contributed by atoms with Gasteiger partial charge in [-0.15, -0.1) is 0 Å². The van der Waals surface area contributed by atoms with Crippen LogP contribution < -0.4 is 14.8 Å². The number of hydrogen-bond donors (Lipinski definition) is 1. The first-order valence-electron chi connectivity index (χ1n) is 10.4. The monoisotopic (exact) mass is 373 g/mol. The normalized spacial score (nSPS) is 21.3. The minimum absolute atomic E-state index is 0.227. The summed E-state index contributed by atoms with van der Waals surface area (Å²) >= 11 is 0. The molecule has 2 heterocycles. The highest BCUT2D eigenvalue weighted by Crippen LogP contribution is 2.32. The first-order valence-corrected chi connectivity index (χ1v) is 10.4. The maximum atomic E-state index is 12.2. The number of carbonyl (C=O) groups excluding carboxylic acids is 1. The molecule has 3 aliphatic rings. The van der Waals surface area contributed by atoms with Gasteiger partial charge >= 0.3 is 0 Å². The number of hydrogen-bond acceptors (Lipinski definition) is 5. The van der Waals surface area contributed by atoms with Crippen molar-refractivity contribution in [2.75, 3.05) is 39.5 Å². The molecule has 27 heavy (non-hydrogen) atoms. The van der Waals surface area contributed by atoms with Gasteiger partial charge in [0.2, 0.25) is 12.7 Å². The average Bonchev–Trinajstić information content (AvgIpc) is 3.16. The third-order valence-electron chi connectivity index (χ3n) is 5.93. The summed E-state index contributed by atoms with van der Waals surface area (Å²) in [6.45, 7) is 6.27. The summed E-state index contributed by atoms with van der Waals surface area (Å²) in [6, 6.07) is 6.63. The molecule has 2 fully saturated rings. The number of nitrogens with zero attached hydrogens (tertiary/aromatic N) is 2. The first kappa shape index (κ1) is 18.6. The number of fused-ring (bicyclic) bond motifs is 1. The van der Waals surface area contributed by atoms with Crippen LogP contribution in [0.15, 0.2) is 18.2 Å². The third kappa shape index (κ3) is 5.14. The first-order chi connectivity index (χ1) is 13.3. The van der Waals surface area contributed by atoms with Gasteiger partial charge in [0, 0.05) is 51.7 Å². The van der Waals surface area contributed by atoms with E-state index in [2.05, 4.69) is 27.2 Å². The molecule has 1 saturated carbocycles. The molecule has 0 unspecified atom stereocenters. The second kappa shape index (κ2) is 8.93. The summed E-state index contributed by atoms with van der Waals surface area (Å²) in [5.74, 6) is 1.93. The molecule has 2 aliphatic heterocycles. The van der Waals surface area contributed by atoms with Crippen molar-refractivity contribution in [1.82, 2.24) is 15.1 Å². The number of rotatable bonds is 6. The Hall–Kier alpha value is -1.79. The number of carbonyl (C=O) groups is 1. The van der Waals surface area contributed by atoms with Gasteiger partial charge in [-0.05, 0) is 30.5 Å². The van der Waals surface area contributed by atoms with Gasteiger partial charge in [0.25, 0.3) is 0 Å². The highest BCUT2D eigenvalue weighted by Gasteiger charge is 2.20. The van der Waals surface area contributed by atoms with E-state index in [4.69, 9.17) is 9.47 Å². The van der Waals surface area contributed by atoms with E-state index in [-0.39, 0.29) is 5.91 Å². The van der Waals surface area contributed by atoms with Gasteiger partial charge in [0.15, 0.2) is 11.5 Å². The van der Waals surface area contributed by atoms with E-state index in [1.54, 1.807) is 0 Å². The van der Waals surface area contributed by atoms with Crippen molar-refractivity contribution in [3.63, 3.8) is 0 Å². The van der Waals surface area contributed by atoms with E-state index in [9.17, 15) is 4.79 Å². The van der Waals surface area contributed by atoms with Gasteiger partial charge in [-0.2, -0.15) is 0 Å². The van der Waals surface area contributed by atoms with Crippen molar-refractivity contribution in [3.05, 3.63) is 23.8 Å². The van der Waals surface area contributed by atoms with Crippen LogP contribution in [0.4, 0.5) is 0 Å². The van der Waals surface area contributed by atoms with Crippen molar-refractivity contribution in [2.45, 2.75) is 51.1 Å². The summed E-state index contributed by atoms with van der Waals surface area (Å²) in [5.41, 5.74) is 1.26. The van der Waals surface area contributed by atoms with Gasteiger partial charge in [-0.1, -0.05) is 25.3 Å². The zero-order valence-electron chi connectivity index (χ0n) is 16.1. The quantitative estimate of drug-likeness (QED) is 0.830. The number of benzene rings is 1. The summed E-state index contributed by atoms with van der Waals surface area (Å²) in [7, 11) is 0. The largest absolute Gasteiger partial charge is 0.454 e. The van der Waals surface area contributed by atoms with Crippen molar-refractivity contribution in [1.29, 1.82) is 0 Å². The lowest BCUT2D eigenvalue weighted by Crippen LogP contribution is -2.47. The van der Waals surface area contributed by atoms with Crippen LogP contribution >= 0.6 is 0 Å². The SMILES string of the molecule is O=C(CCN1CCN(Cc2ccc3c(c2)OCO3)CC1)NC1CCCCC1. The Kier molecular flexibility index (Phi) is 6.14. The van der Waals surface area contributed by atoms with Crippen molar-refractivity contribution in [3.8, 4) is 11.5 Å². The predicted molar refractivity (Wildman–Crippen MR) is 104 cm³/mol. The molecule has 0 atom stereocenters. The summed E-state index contributed by atoms with van der Waals surface area (Å²) < 4.78 is 10.8. The molecule has 1 aromatic carbocycles. The number of piperazine rings is 1. The molecule has 6 heteroatoms. The lowest BCUT2D eigenvalue weighted by atomic mass is 9.95. The van der Waals surface area contributed by atoms with E-state index < -0.39 is 0 Å². The Morgan fingerprint density at radius 2 is 1.74 bits per heavy atom. The van der Waals surface area contributed by atoms with Crippen LogP contribution in [0.25, 0.3) is 0 Å². The molecule has 4 rings (SSSR count). The average molecular weight is 373 g/mol. The van der Waals surface area contributed by atoms with E-state index in [1.807, 2.05) is 6.07 Å². The van der Waals surface area contributed by atoms with Gasteiger partial charge in [-0.25, -0.2) is 0 Å². The number of ether oxygens (including phenoxy) is 2. The van der Waals surface area contributed by atoms with Crippen LogP contribution in [0, 0.1) is 0 Å². The minimum atomic E-state index is 0.227. The third-order valence-corrected chi connectivity index (χ3v) is 5.93. The zero-order chi connectivity index (χ0) is 18.5. The van der Waals surface area contributed by atoms with Crippen molar-refractivity contribution in [2.24, 2.45) is 0 Å². The molecule has 1 saturated heterocycles. The molecule has 1 amide bonds. The Bertz CT molecular complexity index is 638. The molecule has 0 bridgehead atoms.